The van der Waals surface area contributed by atoms with Crippen molar-refractivity contribution in [1.82, 2.24) is 15.2 Å². The van der Waals surface area contributed by atoms with Crippen LogP contribution in [-0.4, -0.2) is 35.4 Å². The fourth-order valence-corrected chi connectivity index (χ4v) is 1.67. The summed E-state index contributed by atoms with van der Waals surface area (Å²) in [5.41, 5.74) is 3.48. The Morgan fingerprint density at radius 1 is 1.20 bits per heavy atom. The lowest BCUT2D eigenvalue weighted by Gasteiger charge is -2.09. The Balaban J connectivity index is 2.05. The Hall–Kier alpha value is -2.21. The first-order valence-corrected chi connectivity index (χ1v) is 6.46. The fourth-order valence-electron chi connectivity index (χ4n) is 1.67. The van der Waals surface area contributed by atoms with E-state index in [0.29, 0.717) is 24.9 Å². The van der Waals surface area contributed by atoms with Crippen LogP contribution in [0.2, 0.25) is 0 Å². The molecule has 0 spiro atoms. The van der Waals surface area contributed by atoms with Crippen molar-refractivity contribution < 1.29 is 4.74 Å². The lowest BCUT2D eigenvalue weighted by atomic mass is 10.1. The van der Waals surface area contributed by atoms with Crippen LogP contribution in [-0.2, 0) is 4.74 Å². The summed E-state index contributed by atoms with van der Waals surface area (Å²) in [6.07, 6.45) is 1.59. The predicted molar refractivity (Wildman–Crippen MR) is 79.4 cm³/mol. The van der Waals surface area contributed by atoms with Gasteiger partial charge in [0.15, 0.2) is 5.82 Å². The van der Waals surface area contributed by atoms with Crippen LogP contribution in [0.15, 0.2) is 24.4 Å². The molecule has 0 aliphatic carbocycles. The average molecular weight is 273 g/mol. The molecule has 0 saturated heterocycles. The van der Waals surface area contributed by atoms with E-state index < -0.39 is 0 Å². The molecule has 1 heterocycles. The summed E-state index contributed by atoms with van der Waals surface area (Å²) < 4.78 is 4.96. The Labute approximate surface area is 118 Å². The van der Waals surface area contributed by atoms with Gasteiger partial charge in [-0.15, -0.1) is 5.10 Å². The maximum Gasteiger partial charge on any atom is 0.244 e. The second-order valence-corrected chi connectivity index (χ2v) is 4.51. The summed E-state index contributed by atoms with van der Waals surface area (Å²) in [6, 6.07) is 6.17. The van der Waals surface area contributed by atoms with Crippen LogP contribution in [0.5, 0.6) is 0 Å². The number of nitrogens with zero attached hydrogens (tertiary/aromatic N) is 3. The standard InChI is InChI=1S/C14H19N5O/c1-10-4-5-12(8-11(10)2)17-13-9-16-19-14(18-13)15-6-7-20-3/h4-5,8-9H,6-7H2,1-3H3,(H2,15,17,18,19). The van der Waals surface area contributed by atoms with Crippen molar-refractivity contribution in [3.05, 3.63) is 35.5 Å². The highest BCUT2D eigenvalue weighted by molar-refractivity contribution is 5.57. The van der Waals surface area contributed by atoms with Crippen molar-refractivity contribution >= 4 is 17.5 Å². The van der Waals surface area contributed by atoms with Gasteiger partial charge >= 0.3 is 0 Å². The molecule has 106 valence electrons. The molecule has 2 aromatic rings. The number of hydrogen-bond acceptors (Lipinski definition) is 6. The van der Waals surface area contributed by atoms with Gasteiger partial charge in [0, 0.05) is 19.3 Å². The Kier molecular flexibility index (Phi) is 4.84. The summed E-state index contributed by atoms with van der Waals surface area (Å²) in [5, 5.41) is 14.1. The average Bonchev–Trinajstić information content (AvgIpc) is 2.44. The van der Waals surface area contributed by atoms with Crippen molar-refractivity contribution in [3.8, 4) is 0 Å². The lowest BCUT2D eigenvalue weighted by Crippen LogP contribution is -2.11. The Morgan fingerprint density at radius 2 is 2.05 bits per heavy atom. The molecule has 0 fully saturated rings. The highest BCUT2D eigenvalue weighted by Gasteiger charge is 2.02. The minimum Gasteiger partial charge on any atom is -0.383 e. The molecule has 6 heteroatoms. The van der Waals surface area contributed by atoms with Gasteiger partial charge in [-0.05, 0) is 37.1 Å². The highest BCUT2D eigenvalue weighted by Crippen LogP contribution is 2.18. The summed E-state index contributed by atoms with van der Waals surface area (Å²) in [6.45, 7) is 5.41. The molecular weight excluding hydrogens is 254 g/mol. The van der Waals surface area contributed by atoms with E-state index in [1.807, 2.05) is 6.07 Å². The second-order valence-electron chi connectivity index (χ2n) is 4.51. The van der Waals surface area contributed by atoms with E-state index in [0.717, 1.165) is 5.69 Å². The van der Waals surface area contributed by atoms with Gasteiger partial charge in [0.1, 0.15) is 0 Å². The van der Waals surface area contributed by atoms with Gasteiger partial charge in [-0.25, -0.2) is 0 Å². The molecule has 0 aliphatic heterocycles. The zero-order chi connectivity index (χ0) is 14.4. The van der Waals surface area contributed by atoms with Gasteiger partial charge < -0.3 is 15.4 Å². The smallest absolute Gasteiger partial charge is 0.244 e. The molecule has 2 rings (SSSR count). The number of aryl methyl sites for hydroxylation is 2. The second kappa shape index (κ2) is 6.81. The van der Waals surface area contributed by atoms with Crippen LogP contribution in [0.3, 0.4) is 0 Å². The number of benzene rings is 1. The van der Waals surface area contributed by atoms with Crippen LogP contribution in [0, 0.1) is 13.8 Å². The number of hydrogen-bond donors (Lipinski definition) is 2. The minimum absolute atomic E-state index is 0.482. The fraction of sp³-hybridized carbons (Fsp3) is 0.357. The summed E-state index contributed by atoms with van der Waals surface area (Å²) in [5.74, 6) is 1.14. The number of ether oxygens (including phenoxy) is 1. The monoisotopic (exact) mass is 273 g/mol. The molecule has 0 radical (unpaired) electrons. The molecule has 6 nitrogen and oxygen atoms in total. The molecule has 0 unspecified atom stereocenters. The Bertz CT molecular complexity index is 573. The number of aromatic nitrogens is 3. The van der Waals surface area contributed by atoms with Gasteiger partial charge in [0.05, 0.1) is 12.8 Å². The largest absolute Gasteiger partial charge is 0.383 e. The molecule has 0 amide bonds. The van der Waals surface area contributed by atoms with E-state index in [9.17, 15) is 0 Å². The third-order valence-electron chi connectivity index (χ3n) is 2.93. The molecule has 0 bridgehead atoms. The van der Waals surface area contributed by atoms with E-state index in [1.54, 1.807) is 13.3 Å². The first-order valence-electron chi connectivity index (χ1n) is 6.46. The number of methoxy groups -OCH3 is 1. The van der Waals surface area contributed by atoms with E-state index >= 15 is 0 Å². The summed E-state index contributed by atoms with van der Waals surface area (Å²) >= 11 is 0. The minimum atomic E-state index is 0.482. The van der Waals surface area contributed by atoms with Gasteiger partial charge in [0.25, 0.3) is 0 Å². The molecule has 0 saturated carbocycles. The molecule has 20 heavy (non-hydrogen) atoms. The van der Waals surface area contributed by atoms with Crippen molar-refractivity contribution in [1.29, 1.82) is 0 Å². The first kappa shape index (κ1) is 14.2. The van der Waals surface area contributed by atoms with E-state index in [-0.39, 0.29) is 0 Å². The SMILES string of the molecule is COCCNc1nncc(Nc2ccc(C)c(C)c2)n1. The van der Waals surface area contributed by atoms with Crippen molar-refractivity contribution in [2.75, 3.05) is 30.9 Å². The number of rotatable bonds is 6. The van der Waals surface area contributed by atoms with Gasteiger partial charge in [0.2, 0.25) is 5.95 Å². The van der Waals surface area contributed by atoms with Gasteiger partial charge in [-0.1, -0.05) is 6.07 Å². The molecule has 2 N–H and O–H groups in total. The van der Waals surface area contributed by atoms with E-state index in [4.69, 9.17) is 4.74 Å². The predicted octanol–water partition coefficient (Wildman–Crippen LogP) is 2.29. The summed E-state index contributed by atoms with van der Waals surface area (Å²) in [7, 11) is 1.65. The van der Waals surface area contributed by atoms with Crippen LogP contribution < -0.4 is 10.6 Å². The maximum absolute atomic E-state index is 4.96. The van der Waals surface area contributed by atoms with Crippen LogP contribution in [0.1, 0.15) is 11.1 Å². The molecule has 1 aromatic carbocycles. The normalized spacial score (nSPS) is 10.3. The summed E-state index contributed by atoms with van der Waals surface area (Å²) in [4.78, 5) is 4.34. The van der Waals surface area contributed by atoms with Gasteiger partial charge in [-0.3, -0.25) is 0 Å². The quantitative estimate of drug-likeness (QED) is 0.787. The first-order chi connectivity index (χ1) is 9.69. The van der Waals surface area contributed by atoms with Crippen LogP contribution in [0.25, 0.3) is 0 Å². The highest BCUT2D eigenvalue weighted by atomic mass is 16.5. The van der Waals surface area contributed by atoms with Crippen molar-refractivity contribution in [2.24, 2.45) is 0 Å². The third-order valence-corrected chi connectivity index (χ3v) is 2.93. The third kappa shape index (κ3) is 3.89. The zero-order valence-electron chi connectivity index (χ0n) is 12.0. The topological polar surface area (TPSA) is 72.0 Å². The molecular formula is C14H19N5O. The zero-order valence-corrected chi connectivity index (χ0v) is 12.0. The molecule has 0 atom stereocenters. The van der Waals surface area contributed by atoms with Crippen LogP contribution in [0.4, 0.5) is 17.5 Å². The Morgan fingerprint density at radius 3 is 2.80 bits per heavy atom. The lowest BCUT2D eigenvalue weighted by molar-refractivity contribution is 0.210. The van der Waals surface area contributed by atoms with E-state index in [1.165, 1.54) is 11.1 Å². The molecule has 1 aromatic heterocycles. The van der Waals surface area contributed by atoms with Crippen molar-refractivity contribution in [2.45, 2.75) is 13.8 Å². The van der Waals surface area contributed by atoms with E-state index in [2.05, 4.69) is 51.8 Å². The van der Waals surface area contributed by atoms with Crippen molar-refractivity contribution in [3.63, 3.8) is 0 Å². The number of anilines is 3. The number of nitrogens with one attached hydrogen (secondary N) is 2. The van der Waals surface area contributed by atoms with Gasteiger partial charge in [-0.2, -0.15) is 10.1 Å². The van der Waals surface area contributed by atoms with Crippen LogP contribution >= 0.6 is 0 Å². The maximum atomic E-state index is 4.96. The molecule has 0 aliphatic rings.